The van der Waals surface area contributed by atoms with Crippen LogP contribution in [0.4, 0.5) is 0 Å². The first-order valence-corrected chi connectivity index (χ1v) is 7.22. The van der Waals surface area contributed by atoms with Gasteiger partial charge in [-0.15, -0.1) is 5.10 Å². The van der Waals surface area contributed by atoms with E-state index in [4.69, 9.17) is 0 Å². The van der Waals surface area contributed by atoms with Crippen LogP contribution in [0.15, 0.2) is 60.0 Å². The van der Waals surface area contributed by atoms with Crippen LogP contribution in [-0.4, -0.2) is 25.2 Å². The molecule has 5 nitrogen and oxygen atoms in total. The van der Waals surface area contributed by atoms with Crippen molar-refractivity contribution in [1.29, 1.82) is 0 Å². The van der Waals surface area contributed by atoms with E-state index in [9.17, 15) is 0 Å². The molecule has 6 heteroatoms. The number of aromatic nitrogens is 5. The van der Waals surface area contributed by atoms with Gasteiger partial charge in [0.05, 0.1) is 6.54 Å². The Morgan fingerprint density at radius 2 is 1.85 bits per heavy atom. The van der Waals surface area contributed by atoms with Crippen LogP contribution in [0.25, 0.3) is 0 Å². The second-order valence-electron chi connectivity index (χ2n) is 4.25. The van der Waals surface area contributed by atoms with Crippen molar-refractivity contribution in [3.63, 3.8) is 0 Å². The summed E-state index contributed by atoms with van der Waals surface area (Å²) in [5.74, 6) is 0.809. The Kier molecular flexibility index (Phi) is 4.03. The topological polar surface area (TPSA) is 56.5 Å². The Hall–Kier alpha value is -2.21. The lowest BCUT2D eigenvalue weighted by Gasteiger charge is -2.04. The van der Waals surface area contributed by atoms with Crippen LogP contribution in [0.2, 0.25) is 0 Å². The van der Waals surface area contributed by atoms with Crippen molar-refractivity contribution >= 4 is 11.8 Å². The molecule has 0 amide bonds. The summed E-state index contributed by atoms with van der Waals surface area (Å²) in [7, 11) is 0. The van der Waals surface area contributed by atoms with Crippen LogP contribution in [0, 0.1) is 0 Å². The Morgan fingerprint density at radius 1 is 1.00 bits per heavy atom. The average molecular weight is 283 g/mol. The quantitative estimate of drug-likeness (QED) is 0.673. The Balaban J connectivity index is 1.68. The van der Waals surface area contributed by atoms with E-state index in [1.807, 2.05) is 41.2 Å². The largest absolute Gasteiger partial charge is 0.264 e. The van der Waals surface area contributed by atoms with Crippen LogP contribution in [0.5, 0.6) is 0 Å². The van der Waals surface area contributed by atoms with E-state index < -0.39 is 0 Å². The minimum Gasteiger partial charge on any atom is -0.264 e. The van der Waals surface area contributed by atoms with E-state index in [-0.39, 0.29) is 0 Å². The minimum atomic E-state index is 0.684. The van der Waals surface area contributed by atoms with Gasteiger partial charge in [-0.25, -0.2) is 4.68 Å². The van der Waals surface area contributed by atoms with Gasteiger partial charge in [0.15, 0.2) is 0 Å². The summed E-state index contributed by atoms with van der Waals surface area (Å²) in [5, 5.41) is 12.7. The molecule has 3 aromatic rings. The highest BCUT2D eigenvalue weighted by molar-refractivity contribution is 7.98. The monoisotopic (exact) mass is 283 g/mol. The van der Waals surface area contributed by atoms with Gasteiger partial charge in [-0.2, -0.15) is 0 Å². The number of pyridine rings is 1. The van der Waals surface area contributed by atoms with E-state index in [1.165, 1.54) is 5.56 Å². The third-order valence-corrected chi connectivity index (χ3v) is 3.79. The van der Waals surface area contributed by atoms with Crippen molar-refractivity contribution in [3.8, 4) is 0 Å². The van der Waals surface area contributed by atoms with Gasteiger partial charge in [-0.1, -0.05) is 48.2 Å². The molecule has 0 aliphatic carbocycles. The molecule has 20 heavy (non-hydrogen) atoms. The maximum Gasteiger partial charge on any atom is 0.209 e. The Bertz CT molecular complexity index is 654. The van der Waals surface area contributed by atoms with E-state index in [0.717, 1.165) is 16.5 Å². The molecular formula is C14H13N5S. The zero-order valence-corrected chi connectivity index (χ0v) is 11.6. The lowest BCUT2D eigenvalue weighted by Crippen LogP contribution is -2.03. The molecule has 100 valence electrons. The highest BCUT2D eigenvalue weighted by Crippen LogP contribution is 2.19. The number of thioether (sulfide) groups is 1. The molecule has 0 unspecified atom stereocenters. The Labute approximate surface area is 121 Å². The maximum atomic E-state index is 4.10. The number of nitrogens with zero attached hydrogens (tertiary/aromatic N) is 5. The number of rotatable bonds is 5. The third kappa shape index (κ3) is 3.21. The van der Waals surface area contributed by atoms with Crippen LogP contribution >= 0.6 is 11.8 Å². The third-order valence-electron chi connectivity index (χ3n) is 2.76. The molecule has 2 aromatic heterocycles. The molecule has 0 radical (unpaired) electrons. The van der Waals surface area contributed by atoms with Gasteiger partial charge in [0.2, 0.25) is 5.16 Å². The van der Waals surface area contributed by atoms with Crippen LogP contribution in [0.1, 0.15) is 11.1 Å². The fraction of sp³-hybridized carbons (Fsp3) is 0.143. The predicted octanol–water partition coefficient (Wildman–Crippen LogP) is 2.41. The summed E-state index contributed by atoms with van der Waals surface area (Å²) in [4.78, 5) is 4.10. The summed E-state index contributed by atoms with van der Waals surface area (Å²) in [6.45, 7) is 0.684. The first-order valence-electron chi connectivity index (χ1n) is 6.23. The van der Waals surface area contributed by atoms with E-state index in [1.54, 1.807) is 18.0 Å². The van der Waals surface area contributed by atoms with Crippen molar-refractivity contribution in [1.82, 2.24) is 25.2 Å². The highest BCUT2D eigenvalue weighted by Gasteiger charge is 2.07. The normalized spacial score (nSPS) is 10.6. The molecule has 0 bridgehead atoms. The van der Waals surface area contributed by atoms with E-state index in [2.05, 4.69) is 32.6 Å². The molecule has 0 aliphatic heterocycles. The SMILES string of the molecule is c1ccc(Cn2nnnc2SCc2cccnc2)cc1. The van der Waals surface area contributed by atoms with Crippen molar-refractivity contribution in [2.75, 3.05) is 0 Å². The fourth-order valence-corrected chi connectivity index (χ4v) is 2.60. The zero-order valence-electron chi connectivity index (χ0n) is 10.8. The second-order valence-corrected chi connectivity index (χ2v) is 5.20. The smallest absolute Gasteiger partial charge is 0.209 e. The molecule has 0 fully saturated rings. The van der Waals surface area contributed by atoms with Crippen molar-refractivity contribution < 1.29 is 0 Å². The summed E-state index contributed by atoms with van der Waals surface area (Å²) in [5.41, 5.74) is 2.34. The van der Waals surface area contributed by atoms with Crippen LogP contribution in [0.3, 0.4) is 0 Å². The first-order chi connectivity index (χ1) is 9.92. The van der Waals surface area contributed by atoms with Crippen LogP contribution < -0.4 is 0 Å². The van der Waals surface area contributed by atoms with Gasteiger partial charge in [-0.3, -0.25) is 4.98 Å². The molecule has 3 rings (SSSR count). The highest BCUT2D eigenvalue weighted by atomic mass is 32.2. The summed E-state index contributed by atoms with van der Waals surface area (Å²) in [6.07, 6.45) is 3.63. The van der Waals surface area contributed by atoms with Gasteiger partial charge in [-0.05, 0) is 27.6 Å². The average Bonchev–Trinajstić information content (AvgIpc) is 2.94. The Morgan fingerprint density at radius 3 is 2.65 bits per heavy atom. The summed E-state index contributed by atoms with van der Waals surface area (Å²) in [6, 6.07) is 14.1. The minimum absolute atomic E-state index is 0.684. The fourth-order valence-electron chi connectivity index (χ4n) is 1.79. The molecule has 0 atom stereocenters. The second kappa shape index (κ2) is 6.29. The molecule has 1 aromatic carbocycles. The van der Waals surface area contributed by atoms with E-state index in [0.29, 0.717) is 6.54 Å². The molecule has 0 saturated heterocycles. The lowest BCUT2D eigenvalue weighted by atomic mass is 10.2. The number of tetrazole rings is 1. The van der Waals surface area contributed by atoms with Crippen LogP contribution in [-0.2, 0) is 12.3 Å². The maximum absolute atomic E-state index is 4.10. The molecule has 2 heterocycles. The van der Waals surface area contributed by atoms with Gasteiger partial charge >= 0.3 is 0 Å². The first kappa shape index (κ1) is 12.8. The summed E-state index contributed by atoms with van der Waals surface area (Å²) < 4.78 is 1.82. The zero-order chi connectivity index (χ0) is 13.6. The number of hydrogen-bond acceptors (Lipinski definition) is 5. The molecule has 0 N–H and O–H groups in total. The van der Waals surface area contributed by atoms with Gasteiger partial charge in [0, 0.05) is 18.1 Å². The molecular weight excluding hydrogens is 270 g/mol. The van der Waals surface area contributed by atoms with Crippen molar-refractivity contribution in [2.24, 2.45) is 0 Å². The van der Waals surface area contributed by atoms with Gasteiger partial charge in [0.25, 0.3) is 0 Å². The number of benzene rings is 1. The standard InChI is InChI=1S/C14H13N5S/c1-2-5-12(6-3-1)10-19-14(16-17-18-19)20-11-13-7-4-8-15-9-13/h1-9H,10-11H2. The van der Waals surface area contributed by atoms with E-state index >= 15 is 0 Å². The summed E-state index contributed by atoms with van der Waals surface area (Å²) >= 11 is 1.61. The van der Waals surface area contributed by atoms with Crippen molar-refractivity contribution in [2.45, 2.75) is 17.5 Å². The lowest BCUT2D eigenvalue weighted by molar-refractivity contribution is 0.603. The van der Waals surface area contributed by atoms with Gasteiger partial charge in [0.1, 0.15) is 0 Å². The molecule has 0 aliphatic rings. The van der Waals surface area contributed by atoms with Gasteiger partial charge < -0.3 is 0 Å². The number of hydrogen-bond donors (Lipinski definition) is 0. The molecule has 0 spiro atoms. The van der Waals surface area contributed by atoms with Crippen molar-refractivity contribution in [3.05, 3.63) is 66.0 Å². The predicted molar refractivity (Wildman–Crippen MR) is 77.2 cm³/mol. The molecule has 0 saturated carbocycles.